The van der Waals surface area contributed by atoms with Gasteiger partial charge in [-0.05, 0) is 24.7 Å². The number of aliphatic hydroxyl groups excluding tert-OH is 1. The third kappa shape index (κ3) is 2.71. The van der Waals surface area contributed by atoms with Crippen molar-refractivity contribution < 1.29 is 15.0 Å². The fraction of sp³-hybridized carbons (Fsp3) is 0.909. The minimum absolute atomic E-state index is 0.0204. The summed E-state index contributed by atoms with van der Waals surface area (Å²) in [5.74, 6) is -0.919. The van der Waals surface area contributed by atoms with Crippen LogP contribution in [0.3, 0.4) is 0 Å². The SMILES string of the molecule is CC(CO)C(C(=O)O)C1CCCCC1. The fourth-order valence-electron chi connectivity index (χ4n) is 2.52. The van der Waals surface area contributed by atoms with Crippen molar-refractivity contribution >= 4 is 5.97 Å². The Bertz CT molecular complexity index is 185. The van der Waals surface area contributed by atoms with E-state index in [-0.39, 0.29) is 24.4 Å². The lowest BCUT2D eigenvalue weighted by Gasteiger charge is -2.30. The summed E-state index contributed by atoms with van der Waals surface area (Å²) < 4.78 is 0. The molecule has 2 unspecified atom stereocenters. The van der Waals surface area contributed by atoms with Crippen LogP contribution in [0.15, 0.2) is 0 Å². The molecule has 0 spiro atoms. The molecule has 1 fully saturated rings. The summed E-state index contributed by atoms with van der Waals surface area (Å²) in [7, 11) is 0. The van der Waals surface area contributed by atoms with Gasteiger partial charge < -0.3 is 10.2 Å². The normalized spacial score (nSPS) is 23.0. The maximum absolute atomic E-state index is 11.1. The molecule has 0 heterocycles. The lowest BCUT2D eigenvalue weighted by Crippen LogP contribution is -2.32. The second-order valence-electron chi connectivity index (χ2n) is 4.42. The molecule has 0 aromatic carbocycles. The molecule has 3 nitrogen and oxygen atoms in total. The minimum Gasteiger partial charge on any atom is -0.481 e. The van der Waals surface area contributed by atoms with Crippen LogP contribution < -0.4 is 0 Å². The number of hydrogen-bond donors (Lipinski definition) is 2. The van der Waals surface area contributed by atoms with E-state index < -0.39 is 5.97 Å². The molecule has 14 heavy (non-hydrogen) atoms. The lowest BCUT2D eigenvalue weighted by molar-refractivity contribution is -0.147. The zero-order chi connectivity index (χ0) is 10.6. The van der Waals surface area contributed by atoms with Crippen molar-refractivity contribution in [2.45, 2.75) is 39.0 Å². The Morgan fingerprint density at radius 1 is 1.36 bits per heavy atom. The highest BCUT2D eigenvalue weighted by molar-refractivity contribution is 5.70. The molecule has 2 atom stereocenters. The van der Waals surface area contributed by atoms with Gasteiger partial charge in [-0.3, -0.25) is 4.79 Å². The molecule has 1 aliphatic rings. The summed E-state index contributed by atoms with van der Waals surface area (Å²) in [4.78, 5) is 11.1. The fourth-order valence-corrected chi connectivity index (χ4v) is 2.52. The molecule has 0 saturated heterocycles. The molecule has 0 amide bonds. The van der Waals surface area contributed by atoms with E-state index in [0.717, 1.165) is 25.7 Å². The molecular formula is C11H20O3. The standard InChI is InChI=1S/C11H20O3/c1-8(7-12)10(11(13)14)9-5-3-2-4-6-9/h8-10,12H,2-7H2,1H3,(H,13,14). The Kier molecular flexibility index (Phi) is 4.39. The number of aliphatic hydroxyl groups is 1. The van der Waals surface area contributed by atoms with E-state index in [9.17, 15) is 4.79 Å². The topological polar surface area (TPSA) is 57.5 Å². The van der Waals surface area contributed by atoms with Crippen LogP contribution in [0.5, 0.6) is 0 Å². The number of carboxylic acid groups (broad SMARTS) is 1. The van der Waals surface area contributed by atoms with Crippen molar-refractivity contribution in [2.24, 2.45) is 17.8 Å². The van der Waals surface area contributed by atoms with Crippen LogP contribution in [0.25, 0.3) is 0 Å². The van der Waals surface area contributed by atoms with E-state index in [1.165, 1.54) is 6.42 Å². The molecule has 0 aromatic heterocycles. The van der Waals surface area contributed by atoms with Crippen molar-refractivity contribution in [2.75, 3.05) is 6.61 Å². The van der Waals surface area contributed by atoms with Gasteiger partial charge >= 0.3 is 5.97 Å². The number of rotatable bonds is 4. The molecule has 1 aliphatic carbocycles. The third-order valence-corrected chi connectivity index (χ3v) is 3.34. The molecular weight excluding hydrogens is 180 g/mol. The van der Waals surface area contributed by atoms with Crippen LogP contribution in [-0.2, 0) is 4.79 Å². The van der Waals surface area contributed by atoms with E-state index >= 15 is 0 Å². The van der Waals surface area contributed by atoms with Crippen molar-refractivity contribution in [3.8, 4) is 0 Å². The number of carboxylic acids is 1. The smallest absolute Gasteiger partial charge is 0.307 e. The summed E-state index contributed by atoms with van der Waals surface area (Å²) in [5, 5.41) is 18.1. The van der Waals surface area contributed by atoms with Crippen LogP contribution in [0, 0.1) is 17.8 Å². The average molecular weight is 200 g/mol. The summed E-state index contributed by atoms with van der Waals surface area (Å²) in [6.45, 7) is 1.81. The van der Waals surface area contributed by atoms with Crippen LogP contribution in [0.2, 0.25) is 0 Å². The summed E-state index contributed by atoms with van der Waals surface area (Å²) in [5.41, 5.74) is 0. The Labute approximate surface area is 85.1 Å². The Hall–Kier alpha value is -0.570. The maximum Gasteiger partial charge on any atom is 0.307 e. The summed E-state index contributed by atoms with van der Waals surface area (Å²) in [6.07, 6.45) is 5.55. The summed E-state index contributed by atoms with van der Waals surface area (Å²) in [6, 6.07) is 0. The molecule has 0 aromatic rings. The molecule has 1 rings (SSSR count). The van der Waals surface area contributed by atoms with Crippen LogP contribution in [0.4, 0.5) is 0 Å². The van der Waals surface area contributed by atoms with Crippen molar-refractivity contribution in [3.05, 3.63) is 0 Å². The molecule has 0 aliphatic heterocycles. The van der Waals surface area contributed by atoms with Crippen molar-refractivity contribution in [1.82, 2.24) is 0 Å². The second kappa shape index (κ2) is 5.35. The van der Waals surface area contributed by atoms with Crippen molar-refractivity contribution in [3.63, 3.8) is 0 Å². The number of carbonyl (C=O) groups is 1. The highest BCUT2D eigenvalue weighted by Crippen LogP contribution is 2.33. The quantitative estimate of drug-likeness (QED) is 0.728. The Morgan fingerprint density at radius 3 is 2.36 bits per heavy atom. The first kappa shape index (κ1) is 11.5. The largest absolute Gasteiger partial charge is 0.481 e. The number of aliphatic carboxylic acids is 1. The highest BCUT2D eigenvalue weighted by Gasteiger charge is 2.33. The Morgan fingerprint density at radius 2 is 1.93 bits per heavy atom. The molecule has 0 bridgehead atoms. The van der Waals surface area contributed by atoms with Crippen LogP contribution in [0.1, 0.15) is 39.0 Å². The minimum atomic E-state index is -0.738. The van der Waals surface area contributed by atoms with Gasteiger partial charge in [0.25, 0.3) is 0 Å². The van der Waals surface area contributed by atoms with Crippen LogP contribution in [-0.4, -0.2) is 22.8 Å². The molecule has 0 radical (unpaired) electrons. The highest BCUT2D eigenvalue weighted by atomic mass is 16.4. The first-order valence-corrected chi connectivity index (χ1v) is 5.50. The molecule has 82 valence electrons. The van der Waals surface area contributed by atoms with Gasteiger partial charge in [0.15, 0.2) is 0 Å². The summed E-state index contributed by atoms with van der Waals surface area (Å²) >= 11 is 0. The van der Waals surface area contributed by atoms with Crippen molar-refractivity contribution in [1.29, 1.82) is 0 Å². The number of hydrogen-bond acceptors (Lipinski definition) is 2. The van der Waals surface area contributed by atoms with Gasteiger partial charge in [0, 0.05) is 6.61 Å². The molecule has 3 heteroatoms. The average Bonchev–Trinajstić information content (AvgIpc) is 2.19. The molecule has 2 N–H and O–H groups in total. The van der Waals surface area contributed by atoms with E-state index in [1.54, 1.807) is 0 Å². The van der Waals surface area contributed by atoms with Gasteiger partial charge in [0.05, 0.1) is 5.92 Å². The van der Waals surface area contributed by atoms with Gasteiger partial charge in [-0.1, -0.05) is 26.2 Å². The van der Waals surface area contributed by atoms with Gasteiger partial charge in [-0.15, -0.1) is 0 Å². The van der Waals surface area contributed by atoms with E-state index in [4.69, 9.17) is 10.2 Å². The first-order chi connectivity index (χ1) is 6.66. The van der Waals surface area contributed by atoms with E-state index in [0.29, 0.717) is 0 Å². The van der Waals surface area contributed by atoms with E-state index in [2.05, 4.69) is 0 Å². The Balaban J connectivity index is 2.60. The van der Waals surface area contributed by atoms with Gasteiger partial charge in [-0.25, -0.2) is 0 Å². The maximum atomic E-state index is 11.1. The zero-order valence-electron chi connectivity index (χ0n) is 8.78. The zero-order valence-corrected chi connectivity index (χ0v) is 8.78. The monoisotopic (exact) mass is 200 g/mol. The lowest BCUT2D eigenvalue weighted by atomic mass is 9.75. The first-order valence-electron chi connectivity index (χ1n) is 5.50. The van der Waals surface area contributed by atoms with E-state index in [1.807, 2.05) is 6.92 Å². The van der Waals surface area contributed by atoms with Crippen LogP contribution >= 0.6 is 0 Å². The van der Waals surface area contributed by atoms with Gasteiger partial charge in [0.2, 0.25) is 0 Å². The third-order valence-electron chi connectivity index (χ3n) is 3.34. The predicted octanol–water partition coefficient (Wildman–Crippen LogP) is 1.90. The second-order valence-corrected chi connectivity index (χ2v) is 4.42. The molecule has 1 saturated carbocycles. The van der Waals surface area contributed by atoms with Gasteiger partial charge in [0.1, 0.15) is 0 Å². The predicted molar refractivity (Wildman–Crippen MR) is 54.0 cm³/mol. The van der Waals surface area contributed by atoms with Gasteiger partial charge in [-0.2, -0.15) is 0 Å².